The van der Waals surface area contributed by atoms with Crippen molar-refractivity contribution in [3.8, 4) is 0 Å². The third kappa shape index (κ3) is 1.84. The first-order valence-electron chi connectivity index (χ1n) is 5.97. The Bertz CT molecular complexity index is 322. The van der Waals surface area contributed by atoms with Gasteiger partial charge in [-0.3, -0.25) is 0 Å². The Hall–Kier alpha value is -0.715. The summed E-state index contributed by atoms with van der Waals surface area (Å²) in [6, 6.07) is 11.0. The summed E-state index contributed by atoms with van der Waals surface area (Å²) in [6.45, 7) is 10.4. The largest absolute Gasteiger partial charge is 0.176 e. The zero-order valence-electron chi connectivity index (χ0n) is 10.4. The summed E-state index contributed by atoms with van der Waals surface area (Å²) in [4.78, 5) is 0. The summed E-state index contributed by atoms with van der Waals surface area (Å²) in [5.74, 6) is 0. The first-order chi connectivity index (χ1) is 6.92. The van der Waals surface area contributed by atoms with Gasteiger partial charge in [0.25, 0.3) is 0 Å². The second-order valence-electron chi connectivity index (χ2n) is 6.28. The predicted molar refractivity (Wildman–Crippen MR) is 69.0 cm³/mol. The molecule has 0 unspecified atom stereocenters. The number of rotatable bonds is 1. The van der Waals surface area contributed by atoms with E-state index in [1.165, 1.54) is 18.1 Å². The van der Waals surface area contributed by atoms with Gasteiger partial charge in [0.1, 0.15) is 0 Å². The van der Waals surface area contributed by atoms with Crippen LogP contribution >= 0.6 is 0 Å². The van der Waals surface area contributed by atoms with Crippen molar-refractivity contribution in [2.75, 3.05) is 0 Å². The minimum Gasteiger partial charge on any atom is -0.0800 e. The molecule has 0 nitrogen and oxygen atoms in total. The SMILES string of the molecule is CC1(C)CB(c2ccccc2)CC1(C)C. The highest BCUT2D eigenvalue weighted by atomic mass is 14.4. The van der Waals surface area contributed by atoms with E-state index in [1.807, 2.05) is 0 Å². The number of benzene rings is 1. The van der Waals surface area contributed by atoms with Crippen molar-refractivity contribution in [2.45, 2.75) is 40.3 Å². The molecule has 1 aliphatic heterocycles. The van der Waals surface area contributed by atoms with Crippen LogP contribution in [0.3, 0.4) is 0 Å². The van der Waals surface area contributed by atoms with Gasteiger partial charge in [-0.15, -0.1) is 0 Å². The van der Waals surface area contributed by atoms with E-state index >= 15 is 0 Å². The molecule has 2 rings (SSSR count). The van der Waals surface area contributed by atoms with Crippen LogP contribution in [-0.2, 0) is 0 Å². The third-order valence-corrected chi connectivity index (χ3v) is 4.62. The van der Waals surface area contributed by atoms with Crippen LogP contribution in [0.15, 0.2) is 30.3 Å². The van der Waals surface area contributed by atoms with Gasteiger partial charge in [0.15, 0.2) is 6.71 Å². The van der Waals surface area contributed by atoms with E-state index in [9.17, 15) is 0 Å². The van der Waals surface area contributed by atoms with Gasteiger partial charge >= 0.3 is 0 Å². The molecule has 0 radical (unpaired) electrons. The highest BCUT2D eigenvalue weighted by molar-refractivity contribution is 6.74. The average molecular weight is 200 g/mol. The summed E-state index contributed by atoms with van der Waals surface area (Å²) in [6.07, 6.45) is 2.65. The van der Waals surface area contributed by atoms with Gasteiger partial charge < -0.3 is 0 Å². The molecule has 0 saturated carbocycles. The molecule has 1 aromatic carbocycles. The maximum atomic E-state index is 2.41. The van der Waals surface area contributed by atoms with Crippen LogP contribution in [0.5, 0.6) is 0 Å². The van der Waals surface area contributed by atoms with E-state index < -0.39 is 0 Å². The van der Waals surface area contributed by atoms with E-state index in [1.54, 1.807) is 0 Å². The molecule has 80 valence electrons. The molecule has 1 saturated heterocycles. The first-order valence-corrected chi connectivity index (χ1v) is 5.97. The molecule has 1 heterocycles. The normalized spacial score (nSPS) is 23.1. The summed E-state index contributed by atoms with van der Waals surface area (Å²) in [7, 11) is 0. The van der Waals surface area contributed by atoms with Crippen LogP contribution in [0.1, 0.15) is 27.7 Å². The Labute approximate surface area is 94.2 Å². The molecule has 0 spiro atoms. The summed E-state index contributed by atoms with van der Waals surface area (Å²) in [5.41, 5.74) is 2.46. The Kier molecular flexibility index (Phi) is 2.45. The van der Waals surface area contributed by atoms with E-state index in [4.69, 9.17) is 0 Å². The second-order valence-corrected chi connectivity index (χ2v) is 6.28. The molecule has 0 atom stereocenters. The molecule has 0 bridgehead atoms. The van der Waals surface area contributed by atoms with Crippen molar-refractivity contribution in [1.82, 2.24) is 0 Å². The van der Waals surface area contributed by atoms with Gasteiger partial charge in [-0.1, -0.05) is 76.1 Å². The van der Waals surface area contributed by atoms with Crippen molar-refractivity contribution >= 4 is 12.2 Å². The van der Waals surface area contributed by atoms with E-state index in [0.717, 1.165) is 6.71 Å². The average Bonchev–Trinajstić information content (AvgIpc) is 2.38. The molecular weight excluding hydrogens is 179 g/mol. The van der Waals surface area contributed by atoms with Crippen molar-refractivity contribution in [1.29, 1.82) is 0 Å². The standard InChI is InChI=1S/C14H21B/c1-13(2)10-15(11-14(13,3)4)12-8-6-5-7-9-12/h5-9H,10-11H2,1-4H3. The molecule has 0 N–H and O–H groups in total. The van der Waals surface area contributed by atoms with Crippen molar-refractivity contribution in [3.63, 3.8) is 0 Å². The van der Waals surface area contributed by atoms with Crippen molar-refractivity contribution < 1.29 is 0 Å². The molecule has 1 fully saturated rings. The molecule has 1 aromatic rings. The fourth-order valence-electron chi connectivity index (χ4n) is 2.82. The highest BCUT2D eigenvalue weighted by Gasteiger charge is 2.47. The number of hydrogen-bond donors (Lipinski definition) is 0. The van der Waals surface area contributed by atoms with Gasteiger partial charge in [-0.05, 0) is 10.8 Å². The quantitative estimate of drug-likeness (QED) is 0.609. The lowest BCUT2D eigenvalue weighted by Gasteiger charge is -2.35. The monoisotopic (exact) mass is 200 g/mol. The molecular formula is C14H21B. The zero-order chi connectivity index (χ0) is 11.1. The lowest BCUT2D eigenvalue weighted by Crippen LogP contribution is -2.27. The summed E-state index contributed by atoms with van der Waals surface area (Å²) in [5, 5.41) is 0. The molecule has 15 heavy (non-hydrogen) atoms. The van der Waals surface area contributed by atoms with E-state index in [2.05, 4.69) is 58.0 Å². The second kappa shape index (κ2) is 3.40. The van der Waals surface area contributed by atoms with Gasteiger partial charge in [-0.2, -0.15) is 0 Å². The van der Waals surface area contributed by atoms with Crippen LogP contribution in [0, 0.1) is 10.8 Å². The van der Waals surface area contributed by atoms with Crippen LogP contribution in [0.4, 0.5) is 0 Å². The molecule has 0 aromatic heterocycles. The Morgan fingerprint density at radius 3 is 1.80 bits per heavy atom. The Balaban J connectivity index is 2.24. The van der Waals surface area contributed by atoms with Crippen LogP contribution < -0.4 is 5.46 Å². The summed E-state index contributed by atoms with van der Waals surface area (Å²) >= 11 is 0. The fourth-order valence-corrected chi connectivity index (χ4v) is 2.82. The number of hydrogen-bond acceptors (Lipinski definition) is 0. The zero-order valence-corrected chi connectivity index (χ0v) is 10.4. The van der Waals surface area contributed by atoms with Crippen LogP contribution in [0.2, 0.25) is 12.6 Å². The summed E-state index contributed by atoms with van der Waals surface area (Å²) < 4.78 is 0. The Morgan fingerprint density at radius 1 is 0.867 bits per heavy atom. The molecule has 0 amide bonds. The van der Waals surface area contributed by atoms with E-state index in [0.29, 0.717) is 10.8 Å². The smallest absolute Gasteiger partial charge is 0.0800 e. The third-order valence-electron chi connectivity index (χ3n) is 4.62. The first kappa shape index (κ1) is 10.8. The fraction of sp³-hybridized carbons (Fsp3) is 0.571. The van der Waals surface area contributed by atoms with Gasteiger partial charge in [0.2, 0.25) is 0 Å². The molecule has 0 aliphatic carbocycles. The lowest BCUT2D eigenvalue weighted by molar-refractivity contribution is 0.177. The lowest BCUT2D eigenvalue weighted by atomic mass is 9.42. The van der Waals surface area contributed by atoms with Gasteiger partial charge in [-0.25, -0.2) is 0 Å². The van der Waals surface area contributed by atoms with Crippen LogP contribution in [0.25, 0.3) is 0 Å². The maximum absolute atomic E-state index is 2.41. The highest BCUT2D eigenvalue weighted by Crippen LogP contribution is 2.52. The maximum Gasteiger partial charge on any atom is 0.176 e. The minimum absolute atomic E-state index is 0.466. The topological polar surface area (TPSA) is 0 Å². The predicted octanol–water partition coefficient (Wildman–Crippen LogP) is 3.45. The molecule has 1 aliphatic rings. The molecule has 1 heteroatoms. The Morgan fingerprint density at radius 2 is 1.33 bits per heavy atom. The minimum atomic E-state index is 0.466. The van der Waals surface area contributed by atoms with Crippen molar-refractivity contribution in [3.05, 3.63) is 30.3 Å². The van der Waals surface area contributed by atoms with Crippen LogP contribution in [-0.4, -0.2) is 6.71 Å². The van der Waals surface area contributed by atoms with Gasteiger partial charge in [0.05, 0.1) is 0 Å². The van der Waals surface area contributed by atoms with Gasteiger partial charge in [0, 0.05) is 0 Å². The van der Waals surface area contributed by atoms with Crippen molar-refractivity contribution in [2.24, 2.45) is 10.8 Å². The van der Waals surface area contributed by atoms with E-state index in [-0.39, 0.29) is 0 Å².